The highest BCUT2D eigenvalue weighted by molar-refractivity contribution is 5.94. The van der Waals surface area contributed by atoms with Gasteiger partial charge in [0.1, 0.15) is 0 Å². The molecule has 0 radical (unpaired) electrons. The maximum Gasteiger partial charge on any atom is 0.317 e. The Hall–Kier alpha value is -2.08. The standard InChI is InChI=1S/C21H31N3O3/c1-16-14-24(15-17(2)27-16)20(25)19-9-7-18(8-10-19)13-22-21(26)23-11-5-3-4-6-12-23/h7-10,16-17H,3-6,11-15H2,1-2H3,(H,22,26). The monoisotopic (exact) mass is 373 g/mol. The molecular weight excluding hydrogens is 342 g/mol. The summed E-state index contributed by atoms with van der Waals surface area (Å²) in [7, 11) is 0. The molecule has 0 saturated carbocycles. The van der Waals surface area contributed by atoms with Crippen molar-refractivity contribution in [3.63, 3.8) is 0 Å². The number of hydrogen-bond acceptors (Lipinski definition) is 3. The van der Waals surface area contributed by atoms with Gasteiger partial charge in [-0.2, -0.15) is 0 Å². The SMILES string of the molecule is CC1CN(C(=O)c2ccc(CNC(=O)N3CCCCCC3)cc2)CC(C)O1. The van der Waals surface area contributed by atoms with Crippen molar-refractivity contribution in [3.05, 3.63) is 35.4 Å². The van der Waals surface area contributed by atoms with Gasteiger partial charge in [0.05, 0.1) is 12.2 Å². The highest BCUT2D eigenvalue weighted by Gasteiger charge is 2.26. The second-order valence-corrected chi connectivity index (χ2v) is 7.72. The minimum Gasteiger partial charge on any atom is -0.372 e. The van der Waals surface area contributed by atoms with Crippen molar-refractivity contribution in [2.24, 2.45) is 0 Å². The van der Waals surface area contributed by atoms with E-state index in [9.17, 15) is 9.59 Å². The van der Waals surface area contributed by atoms with Crippen molar-refractivity contribution in [2.45, 2.75) is 58.3 Å². The molecule has 0 bridgehead atoms. The van der Waals surface area contributed by atoms with E-state index < -0.39 is 0 Å². The molecule has 0 aromatic heterocycles. The van der Waals surface area contributed by atoms with Gasteiger partial charge in [0.25, 0.3) is 5.91 Å². The molecule has 2 aliphatic rings. The van der Waals surface area contributed by atoms with Gasteiger partial charge in [-0.15, -0.1) is 0 Å². The number of nitrogens with zero attached hydrogens (tertiary/aromatic N) is 2. The van der Waals surface area contributed by atoms with Gasteiger partial charge in [0.2, 0.25) is 0 Å². The van der Waals surface area contributed by atoms with Crippen LogP contribution in [0.15, 0.2) is 24.3 Å². The number of likely N-dealkylation sites (tertiary alicyclic amines) is 1. The van der Waals surface area contributed by atoms with Gasteiger partial charge in [-0.25, -0.2) is 4.79 Å². The first kappa shape index (κ1) is 19.7. The second kappa shape index (κ2) is 9.22. The minimum atomic E-state index is 0.00773. The Labute approximate surface area is 161 Å². The number of ether oxygens (including phenoxy) is 1. The van der Waals surface area contributed by atoms with Crippen molar-refractivity contribution in [3.8, 4) is 0 Å². The van der Waals surface area contributed by atoms with Gasteiger partial charge in [-0.1, -0.05) is 25.0 Å². The van der Waals surface area contributed by atoms with Gasteiger partial charge in [-0.3, -0.25) is 4.79 Å². The Bertz CT molecular complexity index is 629. The first-order chi connectivity index (χ1) is 13.0. The zero-order valence-electron chi connectivity index (χ0n) is 16.4. The largest absolute Gasteiger partial charge is 0.372 e. The van der Waals surface area contributed by atoms with E-state index in [0.717, 1.165) is 31.5 Å². The summed E-state index contributed by atoms with van der Waals surface area (Å²) >= 11 is 0. The van der Waals surface area contributed by atoms with E-state index in [1.165, 1.54) is 12.8 Å². The fourth-order valence-corrected chi connectivity index (χ4v) is 3.85. The summed E-state index contributed by atoms with van der Waals surface area (Å²) in [4.78, 5) is 28.8. The van der Waals surface area contributed by atoms with Crippen molar-refractivity contribution in [1.82, 2.24) is 15.1 Å². The lowest BCUT2D eigenvalue weighted by Crippen LogP contribution is -2.48. The lowest BCUT2D eigenvalue weighted by molar-refractivity contribution is -0.0586. The van der Waals surface area contributed by atoms with E-state index in [-0.39, 0.29) is 24.1 Å². The normalized spacial score (nSPS) is 23.6. The Morgan fingerprint density at radius 2 is 1.56 bits per heavy atom. The number of urea groups is 1. The van der Waals surface area contributed by atoms with Crippen LogP contribution >= 0.6 is 0 Å². The number of morpholine rings is 1. The van der Waals surface area contributed by atoms with E-state index in [4.69, 9.17) is 4.74 Å². The molecule has 0 spiro atoms. The summed E-state index contributed by atoms with van der Waals surface area (Å²) in [6, 6.07) is 7.54. The average molecular weight is 373 g/mol. The van der Waals surface area contributed by atoms with Gasteiger partial charge in [-0.05, 0) is 44.4 Å². The van der Waals surface area contributed by atoms with Crippen LogP contribution in [0.4, 0.5) is 4.79 Å². The Morgan fingerprint density at radius 3 is 2.15 bits per heavy atom. The van der Waals surface area contributed by atoms with Crippen LogP contribution in [0, 0.1) is 0 Å². The minimum absolute atomic E-state index is 0.00773. The number of carbonyl (C=O) groups excluding carboxylic acids is 2. The maximum absolute atomic E-state index is 12.7. The molecule has 1 aromatic carbocycles. The number of hydrogen-bond donors (Lipinski definition) is 1. The zero-order valence-corrected chi connectivity index (χ0v) is 16.4. The second-order valence-electron chi connectivity index (χ2n) is 7.72. The lowest BCUT2D eigenvalue weighted by Gasteiger charge is -2.35. The molecule has 2 saturated heterocycles. The Balaban J connectivity index is 1.52. The molecule has 2 heterocycles. The van der Waals surface area contributed by atoms with Crippen molar-refractivity contribution in [1.29, 1.82) is 0 Å². The first-order valence-electron chi connectivity index (χ1n) is 10.1. The van der Waals surface area contributed by atoms with Crippen LogP contribution in [0.1, 0.15) is 55.5 Å². The topological polar surface area (TPSA) is 61.9 Å². The molecule has 1 aromatic rings. The molecule has 3 rings (SSSR count). The van der Waals surface area contributed by atoms with Crippen LogP contribution in [0.3, 0.4) is 0 Å². The van der Waals surface area contributed by atoms with E-state index >= 15 is 0 Å². The molecule has 2 atom stereocenters. The number of nitrogens with one attached hydrogen (secondary N) is 1. The lowest BCUT2D eigenvalue weighted by atomic mass is 10.1. The Morgan fingerprint density at radius 1 is 0.963 bits per heavy atom. The highest BCUT2D eigenvalue weighted by Crippen LogP contribution is 2.15. The highest BCUT2D eigenvalue weighted by atomic mass is 16.5. The van der Waals surface area contributed by atoms with Gasteiger partial charge in [0, 0.05) is 38.3 Å². The van der Waals surface area contributed by atoms with Gasteiger partial charge in [0.15, 0.2) is 0 Å². The number of carbonyl (C=O) groups is 2. The molecule has 6 heteroatoms. The maximum atomic E-state index is 12.7. The number of benzene rings is 1. The summed E-state index contributed by atoms with van der Waals surface area (Å²) in [6.45, 7) is 7.40. The third-order valence-corrected chi connectivity index (χ3v) is 5.24. The molecule has 0 aliphatic carbocycles. The van der Waals surface area contributed by atoms with E-state index in [0.29, 0.717) is 25.2 Å². The average Bonchev–Trinajstić information content (AvgIpc) is 2.95. The molecule has 148 valence electrons. The summed E-state index contributed by atoms with van der Waals surface area (Å²) in [5.74, 6) is 0.0390. The predicted octanol–water partition coefficient (Wildman–Crippen LogP) is 3.02. The van der Waals surface area contributed by atoms with Crippen molar-refractivity contribution >= 4 is 11.9 Å². The molecule has 1 N–H and O–H groups in total. The molecule has 2 fully saturated rings. The summed E-state index contributed by atoms with van der Waals surface area (Å²) in [5, 5.41) is 3.00. The smallest absolute Gasteiger partial charge is 0.317 e. The third kappa shape index (κ3) is 5.45. The van der Waals surface area contributed by atoms with Crippen LogP contribution in [0.25, 0.3) is 0 Å². The first-order valence-corrected chi connectivity index (χ1v) is 10.1. The summed E-state index contributed by atoms with van der Waals surface area (Å²) in [6.07, 6.45) is 4.71. The number of amides is 3. The fraction of sp³-hybridized carbons (Fsp3) is 0.619. The molecular formula is C21H31N3O3. The van der Waals surface area contributed by atoms with Crippen molar-refractivity contribution in [2.75, 3.05) is 26.2 Å². The van der Waals surface area contributed by atoms with E-state index in [1.807, 2.05) is 47.9 Å². The summed E-state index contributed by atoms with van der Waals surface area (Å²) in [5.41, 5.74) is 1.68. The fourth-order valence-electron chi connectivity index (χ4n) is 3.85. The Kier molecular flexibility index (Phi) is 6.72. The molecule has 2 aliphatic heterocycles. The molecule has 3 amide bonds. The summed E-state index contributed by atoms with van der Waals surface area (Å²) < 4.78 is 5.70. The molecule has 27 heavy (non-hydrogen) atoms. The number of rotatable bonds is 3. The molecule has 6 nitrogen and oxygen atoms in total. The molecule has 2 unspecified atom stereocenters. The predicted molar refractivity (Wildman–Crippen MR) is 105 cm³/mol. The van der Waals surface area contributed by atoms with Crippen molar-refractivity contribution < 1.29 is 14.3 Å². The van der Waals surface area contributed by atoms with Gasteiger partial charge >= 0.3 is 6.03 Å². The van der Waals surface area contributed by atoms with Crippen LogP contribution in [0.5, 0.6) is 0 Å². The van der Waals surface area contributed by atoms with Crippen LogP contribution in [0.2, 0.25) is 0 Å². The third-order valence-electron chi connectivity index (χ3n) is 5.24. The van der Waals surface area contributed by atoms with Crippen LogP contribution < -0.4 is 5.32 Å². The van der Waals surface area contributed by atoms with Crippen LogP contribution in [-0.2, 0) is 11.3 Å². The van der Waals surface area contributed by atoms with Crippen LogP contribution in [-0.4, -0.2) is 60.1 Å². The van der Waals surface area contributed by atoms with E-state index in [1.54, 1.807) is 0 Å². The quantitative estimate of drug-likeness (QED) is 0.886. The van der Waals surface area contributed by atoms with E-state index in [2.05, 4.69) is 5.32 Å². The zero-order chi connectivity index (χ0) is 19.2. The van der Waals surface area contributed by atoms with Gasteiger partial charge < -0.3 is 19.9 Å².